The van der Waals surface area contributed by atoms with Crippen molar-refractivity contribution in [3.05, 3.63) is 35.9 Å². The van der Waals surface area contributed by atoms with Gasteiger partial charge in [0.2, 0.25) is 0 Å². The van der Waals surface area contributed by atoms with Crippen molar-refractivity contribution in [3.63, 3.8) is 0 Å². The predicted octanol–water partition coefficient (Wildman–Crippen LogP) is 2.46. The fourth-order valence-corrected chi connectivity index (χ4v) is 1.85. The van der Waals surface area contributed by atoms with Gasteiger partial charge in [0.1, 0.15) is 5.75 Å². The summed E-state index contributed by atoms with van der Waals surface area (Å²) < 4.78 is 5.18. The Balaban J connectivity index is 2.02. The third-order valence-electron chi connectivity index (χ3n) is 2.71. The summed E-state index contributed by atoms with van der Waals surface area (Å²) in [7, 11) is 1.70. The molecular formula is C13H17NO. The van der Waals surface area contributed by atoms with Crippen molar-refractivity contribution in [3.8, 4) is 5.75 Å². The van der Waals surface area contributed by atoms with Gasteiger partial charge in [0.05, 0.1) is 7.11 Å². The minimum absolute atomic E-state index is 0.552. The number of hydrogen-bond donors (Lipinski definition) is 1. The maximum absolute atomic E-state index is 5.18. The molecule has 1 saturated heterocycles. The van der Waals surface area contributed by atoms with Crippen LogP contribution in [0.15, 0.2) is 30.3 Å². The normalized spacial score (nSPS) is 21.0. The lowest BCUT2D eigenvalue weighted by atomic mass is 10.1. The summed E-state index contributed by atoms with van der Waals surface area (Å²) in [5.74, 6) is 0.913. The van der Waals surface area contributed by atoms with Gasteiger partial charge in [-0.15, -0.1) is 0 Å². The second-order valence-corrected chi connectivity index (χ2v) is 3.84. The highest BCUT2D eigenvalue weighted by molar-refractivity contribution is 5.52. The number of rotatable bonds is 3. The third kappa shape index (κ3) is 2.83. The molecule has 1 heterocycles. The molecule has 2 heteroatoms. The highest BCUT2D eigenvalue weighted by Crippen LogP contribution is 2.15. The Bertz CT molecular complexity index is 340. The Hall–Kier alpha value is -1.28. The van der Waals surface area contributed by atoms with E-state index in [-0.39, 0.29) is 0 Å². The largest absolute Gasteiger partial charge is 0.497 e. The van der Waals surface area contributed by atoms with Gasteiger partial charge in [-0.3, -0.25) is 0 Å². The van der Waals surface area contributed by atoms with Crippen LogP contribution in [0, 0.1) is 0 Å². The molecule has 80 valence electrons. The summed E-state index contributed by atoms with van der Waals surface area (Å²) in [4.78, 5) is 0. The van der Waals surface area contributed by atoms with E-state index in [2.05, 4.69) is 23.5 Å². The second kappa shape index (κ2) is 4.99. The van der Waals surface area contributed by atoms with E-state index in [1.54, 1.807) is 7.11 Å². The molecule has 1 fully saturated rings. The van der Waals surface area contributed by atoms with Crippen LogP contribution in [0.25, 0.3) is 6.08 Å². The minimum atomic E-state index is 0.552. The quantitative estimate of drug-likeness (QED) is 0.814. The van der Waals surface area contributed by atoms with E-state index in [0.717, 1.165) is 12.3 Å². The molecule has 15 heavy (non-hydrogen) atoms. The molecule has 0 bridgehead atoms. The fourth-order valence-electron chi connectivity index (χ4n) is 1.85. The van der Waals surface area contributed by atoms with Crippen molar-refractivity contribution in [1.82, 2.24) is 5.32 Å². The van der Waals surface area contributed by atoms with Crippen molar-refractivity contribution < 1.29 is 4.74 Å². The standard InChI is InChI=1S/C13H17NO/c1-15-13-6-2-4-11(10-13)7-8-12-5-3-9-14-12/h2,4,6-8,10,12,14H,3,5,9H2,1H3/b8-7+. The first kappa shape index (κ1) is 10.2. The number of benzene rings is 1. The van der Waals surface area contributed by atoms with Gasteiger partial charge in [0.15, 0.2) is 0 Å². The zero-order valence-electron chi connectivity index (χ0n) is 9.07. The lowest BCUT2D eigenvalue weighted by Gasteiger charge is -2.03. The van der Waals surface area contributed by atoms with Crippen LogP contribution in [-0.2, 0) is 0 Å². The molecule has 2 nitrogen and oxygen atoms in total. The number of ether oxygens (including phenoxy) is 1. The molecule has 0 amide bonds. The van der Waals surface area contributed by atoms with Crippen LogP contribution in [0.5, 0.6) is 5.75 Å². The summed E-state index contributed by atoms with van der Waals surface area (Å²) >= 11 is 0. The molecule has 1 aliphatic rings. The van der Waals surface area contributed by atoms with Gasteiger partial charge in [-0.2, -0.15) is 0 Å². The average molecular weight is 203 g/mol. The van der Waals surface area contributed by atoms with Crippen LogP contribution in [0.3, 0.4) is 0 Å². The summed E-state index contributed by atoms with van der Waals surface area (Å²) in [5, 5.41) is 3.44. The number of methoxy groups -OCH3 is 1. The van der Waals surface area contributed by atoms with Gasteiger partial charge in [-0.25, -0.2) is 0 Å². The summed E-state index contributed by atoms with van der Waals surface area (Å²) in [5.41, 5.74) is 1.20. The van der Waals surface area contributed by atoms with E-state index in [1.807, 2.05) is 18.2 Å². The van der Waals surface area contributed by atoms with Crippen molar-refractivity contribution in [2.45, 2.75) is 18.9 Å². The van der Waals surface area contributed by atoms with Gasteiger partial charge in [-0.05, 0) is 37.1 Å². The minimum Gasteiger partial charge on any atom is -0.497 e. The second-order valence-electron chi connectivity index (χ2n) is 3.84. The highest BCUT2D eigenvalue weighted by atomic mass is 16.5. The molecule has 2 rings (SSSR count). The number of hydrogen-bond acceptors (Lipinski definition) is 2. The molecule has 0 aromatic heterocycles. The average Bonchev–Trinajstić information content (AvgIpc) is 2.79. The fraction of sp³-hybridized carbons (Fsp3) is 0.385. The molecule has 1 unspecified atom stereocenters. The SMILES string of the molecule is COc1cccc(/C=C/C2CCCN2)c1. The monoisotopic (exact) mass is 203 g/mol. The molecule has 0 saturated carbocycles. The van der Waals surface area contributed by atoms with Gasteiger partial charge in [0, 0.05) is 6.04 Å². The first-order valence-electron chi connectivity index (χ1n) is 5.44. The van der Waals surface area contributed by atoms with Crippen molar-refractivity contribution in [1.29, 1.82) is 0 Å². The van der Waals surface area contributed by atoms with Gasteiger partial charge >= 0.3 is 0 Å². The molecule has 0 spiro atoms. The van der Waals surface area contributed by atoms with E-state index < -0.39 is 0 Å². The highest BCUT2D eigenvalue weighted by Gasteiger charge is 2.09. The smallest absolute Gasteiger partial charge is 0.119 e. The molecule has 1 N–H and O–H groups in total. The molecule has 1 aromatic carbocycles. The topological polar surface area (TPSA) is 21.3 Å². The molecular weight excluding hydrogens is 186 g/mol. The van der Waals surface area contributed by atoms with E-state index >= 15 is 0 Å². The zero-order chi connectivity index (χ0) is 10.5. The van der Waals surface area contributed by atoms with Crippen LogP contribution >= 0.6 is 0 Å². The first-order valence-corrected chi connectivity index (χ1v) is 5.44. The van der Waals surface area contributed by atoms with Crippen LogP contribution in [-0.4, -0.2) is 19.7 Å². The van der Waals surface area contributed by atoms with E-state index in [0.29, 0.717) is 6.04 Å². The van der Waals surface area contributed by atoms with Gasteiger partial charge in [-0.1, -0.05) is 24.3 Å². The zero-order valence-corrected chi connectivity index (χ0v) is 9.07. The Kier molecular flexibility index (Phi) is 3.41. The summed E-state index contributed by atoms with van der Waals surface area (Å²) in [6, 6.07) is 8.67. The maximum atomic E-state index is 5.18. The van der Waals surface area contributed by atoms with Gasteiger partial charge < -0.3 is 10.1 Å². The molecule has 0 aliphatic carbocycles. The van der Waals surface area contributed by atoms with E-state index in [9.17, 15) is 0 Å². The van der Waals surface area contributed by atoms with E-state index in [4.69, 9.17) is 4.74 Å². The van der Waals surface area contributed by atoms with Crippen LogP contribution < -0.4 is 10.1 Å². The van der Waals surface area contributed by atoms with Crippen molar-refractivity contribution in [2.75, 3.05) is 13.7 Å². The van der Waals surface area contributed by atoms with E-state index in [1.165, 1.54) is 18.4 Å². The first-order chi connectivity index (χ1) is 7.38. The maximum Gasteiger partial charge on any atom is 0.119 e. The van der Waals surface area contributed by atoms with Crippen LogP contribution in [0.1, 0.15) is 18.4 Å². The lowest BCUT2D eigenvalue weighted by molar-refractivity contribution is 0.414. The van der Waals surface area contributed by atoms with Crippen molar-refractivity contribution >= 4 is 6.08 Å². The molecule has 1 aliphatic heterocycles. The summed E-state index contributed by atoms with van der Waals surface area (Å²) in [6.45, 7) is 1.15. The van der Waals surface area contributed by atoms with Gasteiger partial charge in [0.25, 0.3) is 0 Å². The third-order valence-corrected chi connectivity index (χ3v) is 2.71. The molecule has 1 aromatic rings. The molecule has 1 atom stereocenters. The Labute approximate surface area is 91.0 Å². The Morgan fingerprint density at radius 1 is 1.47 bits per heavy atom. The number of nitrogens with one attached hydrogen (secondary N) is 1. The van der Waals surface area contributed by atoms with Crippen LogP contribution in [0.2, 0.25) is 0 Å². The van der Waals surface area contributed by atoms with Crippen LogP contribution in [0.4, 0.5) is 0 Å². The molecule has 0 radical (unpaired) electrons. The van der Waals surface area contributed by atoms with Crippen molar-refractivity contribution in [2.24, 2.45) is 0 Å². The Morgan fingerprint density at radius 2 is 2.40 bits per heavy atom. The Morgan fingerprint density at radius 3 is 3.13 bits per heavy atom. The summed E-state index contributed by atoms with van der Waals surface area (Å²) in [6.07, 6.45) is 6.93. The lowest BCUT2D eigenvalue weighted by Crippen LogP contribution is -2.17. The predicted molar refractivity (Wildman–Crippen MR) is 63.1 cm³/mol.